The van der Waals surface area contributed by atoms with Gasteiger partial charge in [-0.2, -0.15) is 5.26 Å². The van der Waals surface area contributed by atoms with Crippen LogP contribution in [-0.2, 0) is 4.79 Å². The lowest BCUT2D eigenvalue weighted by molar-refractivity contribution is -0.127. The van der Waals surface area contributed by atoms with Gasteiger partial charge in [-0.3, -0.25) is 9.69 Å². The largest absolute Gasteiger partial charge is 0.497 e. The summed E-state index contributed by atoms with van der Waals surface area (Å²) in [4.78, 5) is 22.0. The fourth-order valence-electron chi connectivity index (χ4n) is 3.64. The number of carbonyl (C=O) groups excluding carboxylic acids is 1. The zero-order valence-corrected chi connectivity index (χ0v) is 18.5. The lowest BCUT2D eigenvalue weighted by atomic mass is 9.92. The summed E-state index contributed by atoms with van der Waals surface area (Å²) in [5.41, 5.74) is 8.14. The number of allylic oxidation sites excluding steroid dienone is 2. The van der Waals surface area contributed by atoms with Crippen molar-refractivity contribution < 1.29 is 14.3 Å². The maximum atomic E-state index is 13.5. The normalized spacial score (nSPS) is 18.1. The molecule has 0 saturated heterocycles. The van der Waals surface area contributed by atoms with Crippen molar-refractivity contribution in [3.05, 3.63) is 45.8 Å². The number of rotatable bonds is 6. The van der Waals surface area contributed by atoms with Crippen LogP contribution >= 0.6 is 11.8 Å². The molecule has 9 heteroatoms. The molecule has 158 valence electrons. The van der Waals surface area contributed by atoms with Crippen molar-refractivity contribution in [3.63, 3.8) is 0 Å². The lowest BCUT2D eigenvalue weighted by Crippen LogP contribution is -2.42. The fourth-order valence-corrected chi connectivity index (χ4v) is 4.56. The van der Waals surface area contributed by atoms with Crippen LogP contribution in [0.3, 0.4) is 0 Å². The Morgan fingerprint density at radius 2 is 2.03 bits per heavy atom. The molecular weight excluding hydrogens is 402 g/mol. The zero-order chi connectivity index (χ0) is 22.0. The number of likely N-dealkylation sites (N-methyl/N-ethyl adjacent to an activating group) is 1. The minimum Gasteiger partial charge on any atom is -0.497 e. The molecule has 2 aliphatic heterocycles. The van der Waals surface area contributed by atoms with Crippen LogP contribution in [-0.4, -0.2) is 48.2 Å². The van der Waals surface area contributed by atoms with Gasteiger partial charge in [0.15, 0.2) is 5.17 Å². The number of thioether (sulfide) groups is 1. The third-order valence-corrected chi connectivity index (χ3v) is 6.17. The Balaban J connectivity index is 2.28. The van der Waals surface area contributed by atoms with Gasteiger partial charge >= 0.3 is 0 Å². The number of ether oxygens (including phenoxy) is 2. The van der Waals surface area contributed by atoms with E-state index in [-0.39, 0.29) is 11.7 Å². The van der Waals surface area contributed by atoms with E-state index in [1.807, 2.05) is 26.8 Å². The number of benzene rings is 1. The van der Waals surface area contributed by atoms with E-state index in [0.717, 1.165) is 0 Å². The van der Waals surface area contributed by atoms with Crippen LogP contribution < -0.4 is 15.2 Å². The highest BCUT2D eigenvalue weighted by Gasteiger charge is 2.44. The fraction of sp³-hybridized carbons (Fsp3) is 0.381. The quantitative estimate of drug-likeness (QED) is 0.744. The van der Waals surface area contributed by atoms with E-state index in [2.05, 4.69) is 11.1 Å². The van der Waals surface area contributed by atoms with Crippen LogP contribution in [0.4, 0.5) is 0 Å². The molecule has 0 aromatic heterocycles. The van der Waals surface area contributed by atoms with Crippen LogP contribution in [0.5, 0.6) is 11.5 Å². The molecule has 1 amide bonds. The average molecular weight is 428 g/mol. The number of amides is 1. The number of hydrogen-bond acceptors (Lipinski definition) is 8. The Labute approximate surface area is 180 Å². The van der Waals surface area contributed by atoms with Gasteiger partial charge in [0, 0.05) is 18.7 Å². The van der Waals surface area contributed by atoms with Crippen molar-refractivity contribution in [3.8, 4) is 17.6 Å². The number of aliphatic imine (C=N–C) groups is 1. The molecule has 0 aliphatic carbocycles. The van der Waals surface area contributed by atoms with Gasteiger partial charge in [-0.05, 0) is 50.7 Å². The van der Waals surface area contributed by atoms with Gasteiger partial charge < -0.3 is 20.1 Å². The first kappa shape index (κ1) is 21.6. The predicted octanol–water partition coefficient (Wildman–Crippen LogP) is 2.96. The van der Waals surface area contributed by atoms with Gasteiger partial charge in [-0.15, -0.1) is 0 Å². The van der Waals surface area contributed by atoms with Crippen molar-refractivity contribution in [2.75, 3.05) is 27.3 Å². The first-order chi connectivity index (χ1) is 14.4. The third kappa shape index (κ3) is 3.48. The van der Waals surface area contributed by atoms with Gasteiger partial charge in [-0.25, -0.2) is 4.99 Å². The van der Waals surface area contributed by atoms with Gasteiger partial charge in [0.25, 0.3) is 5.91 Å². The number of hydrogen-bond donors (Lipinski definition) is 1. The summed E-state index contributed by atoms with van der Waals surface area (Å²) < 4.78 is 11.0. The molecule has 2 aliphatic rings. The molecule has 1 aromatic carbocycles. The minimum absolute atomic E-state index is 0.126. The molecule has 0 fully saturated rings. The highest BCUT2D eigenvalue weighted by Crippen LogP contribution is 2.48. The van der Waals surface area contributed by atoms with Crippen LogP contribution in [0.1, 0.15) is 32.4 Å². The molecule has 0 bridgehead atoms. The van der Waals surface area contributed by atoms with E-state index in [1.54, 1.807) is 36.2 Å². The molecule has 8 nitrogen and oxygen atoms in total. The second-order valence-electron chi connectivity index (χ2n) is 6.68. The van der Waals surface area contributed by atoms with Crippen molar-refractivity contribution in [2.45, 2.75) is 26.8 Å². The van der Waals surface area contributed by atoms with Crippen LogP contribution in [0, 0.1) is 11.3 Å². The number of nitriles is 1. The molecule has 1 aromatic rings. The molecule has 3 rings (SSSR count). The highest BCUT2D eigenvalue weighted by molar-refractivity contribution is 8.17. The number of methoxy groups -OCH3 is 2. The van der Waals surface area contributed by atoms with Crippen LogP contribution in [0.15, 0.2) is 45.2 Å². The van der Waals surface area contributed by atoms with Crippen molar-refractivity contribution in [1.82, 2.24) is 9.80 Å². The Hall–Kier alpha value is -3.12. The number of nitrogens with two attached hydrogens (primary N) is 1. The molecular formula is C21H25N5O3S. The average Bonchev–Trinajstić information content (AvgIpc) is 3.07. The summed E-state index contributed by atoms with van der Waals surface area (Å²) in [6.45, 7) is 6.80. The molecule has 0 spiro atoms. The summed E-state index contributed by atoms with van der Waals surface area (Å²) in [5.74, 6) is 1.35. The number of fused-ring (bicyclic) bond motifs is 1. The minimum atomic E-state index is -0.603. The number of nitrogens with zero attached hydrogens (tertiary/aromatic N) is 4. The number of amidine groups is 1. The van der Waals surface area contributed by atoms with Crippen molar-refractivity contribution in [2.24, 2.45) is 10.7 Å². The SMILES string of the molecule is CCN(CC)C(=O)C1=C(C)N=C2SC(C#N)=C(N)N2[C@@H]1c1cc(OC)ccc1OC. The lowest BCUT2D eigenvalue weighted by Gasteiger charge is -2.37. The van der Waals surface area contributed by atoms with E-state index in [1.165, 1.54) is 11.8 Å². The summed E-state index contributed by atoms with van der Waals surface area (Å²) in [7, 11) is 3.15. The summed E-state index contributed by atoms with van der Waals surface area (Å²) in [6.07, 6.45) is 0. The molecule has 30 heavy (non-hydrogen) atoms. The van der Waals surface area contributed by atoms with Gasteiger partial charge in [0.1, 0.15) is 28.3 Å². The van der Waals surface area contributed by atoms with E-state index in [4.69, 9.17) is 15.2 Å². The summed E-state index contributed by atoms with van der Waals surface area (Å²) in [5, 5.41) is 10.1. The maximum absolute atomic E-state index is 13.5. The Morgan fingerprint density at radius 3 is 2.60 bits per heavy atom. The topological polar surface area (TPSA) is 104 Å². The van der Waals surface area contributed by atoms with E-state index in [9.17, 15) is 10.1 Å². The van der Waals surface area contributed by atoms with Gasteiger partial charge in [0.05, 0.1) is 31.5 Å². The second kappa shape index (κ2) is 8.71. The Morgan fingerprint density at radius 1 is 1.33 bits per heavy atom. The van der Waals surface area contributed by atoms with Gasteiger partial charge in [-0.1, -0.05) is 0 Å². The molecule has 0 saturated carbocycles. The molecule has 2 heterocycles. The number of carbonyl (C=O) groups is 1. The smallest absolute Gasteiger partial charge is 0.254 e. The molecule has 2 N–H and O–H groups in total. The summed E-state index contributed by atoms with van der Waals surface area (Å²) in [6, 6.07) is 6.94. The van der Waals surface area contributed by atoms with Crippen LogP contribution in [0.25, 0.3) is 0 Å². The molecule has 0 unspecified atom stereocenters. The highest BCUT2D eigenvalue weighted by atomic mass is 32.2. The predicted molar refractivity (Wildman–Crippen MR) is 117 cm³/mol. The first-order valence-corrected chi connectivity index (χ1v) is 10.4. The van der Waals surface area contributed by atoms with Gasteiger partial charge in [0.2, 0.25) is 0 Å². The van der Waals surface area contributed by atoms with Crippen molar-refractivity contribution in [1.29, 1.82) is 5.26 Å². The van der Waals surface area contributed by atoms with Crippen molar-refractivity contribution >= 4 is 22.8 Å². The Bertz CT molecular complexity index is 1000. The third-order valence-electron chi connectivity index (χ3n) is 5.19. The van der Waals surface area contributed by atoms with Crippen LogP contribution in [0.2, 0.25) is 0 Å². The van der Waals surface area contributed by atoms with E-state index in [0.29, 0.717) is 51.5 Å². The van der Waals surface area contributed by atoms with E-state index < -0.39 is 6.04 Å². The molecule has 0 radical (unpaired) electrons. The zero-order valence-electron chi connectivity index (χ0n) is 17.7. The first-order valence-electron chi connectivity index (χ1n) is 9.59. The monoisotopic (exact) mass is 427 g/mol. The standard InChI is InChI=1S/C21H25N5O3S/c1-6-25(7-2)20(27)17-12(3)24-21-26(19(23)16(11-22)30-21)18(17)14-10-13(28-4)8-9-15(14)29-5/h8-10,18H,6-7,23H2,1-5H3/t18-/m1/s1. The second-order valence-corrected chi connectivity index (χ2v) is 7.66. The Kier molecular flexibility index (Phi) is 6.27. The maximum Gasteiger partial charge on any atom is 0.254 e. The molecule has 1 atom stereocenters. The summed E-state index contributed by atoms with van der Waals surface area (Å²) >= 11 is 1.20. The van der Waals surface area contributed by atoms with E-state index >= 15 is 0 Å².